The van der Waals surface area contributed by atoms with Crippen molar-refractivity contribution in [2.75, 3.05) is 13.2 Å². The second kappa shape index (κ2) is 5.30. The van der Waals surface area contributed by atoms with Crippen LogP contribution in [-0.2, 0) is 5.60 Å². The number of fused-ring (bicyclic) bond motifs is 1. The number of hydrogen-bond acceptors (Lipinski definition) is 4. The molecule has 21 heavy (non-hydrogen) atoms. The van der Waals surface area contributed by atoms with Crippen LogP contribution < -0.4 is 9.47 Å². The van der Waals surface area contributed by atoms with Gasteiger partial charge in [0.25, 0.3) is 0 Å². The molecule has 0 radical (unpaired) electrons. The molecule has 0 bridgehead atoms. The van der Waals surface area contributed by atoms with Gasteiger partial charge in [0.2, 0.25) is 0 Å². The van der Waals surface area contributed by atoms with Gasteiger partial charge in [-0.3, -0.25) is 0 Å². The monoisotopic (exact) mass is 286 g/mol. The molecule has 1 aliphatic rings. The molecule has 0 saturated carbocycles. The van der Waals surface area contributed by atoms with E-state index >= 15 is 0 Å². The van der Waals surface area contributed by atoms with Gasteiger partial charge < -0.3 is 19.7 Å². The number of ether oxygens (including phenoxy) is 2. The molecular weight excluding hydrogens is 268 g/mol. The molecule has 1 aliphatic heterocycles. The number of aromatic hydroxyl groups is 1. The Morgan fingerprint density at radius 1 is 0.905 bits per heavy atom. The van der Waals surface area contributed by atoms with Crippen LogP contribution in [0, 0.1) is 0 Å². The molecule has 1 heterocycles. The first-order chi connectivity index (χ1) is 10.1. The highest BCUT2D eigenvalue weighted by atomic mass is 16.5. The van der Waals surface area contributed by atoms with Crippen molar-refractivity contribution in [3.8, 4) is 17.2 Å². The van der Waals surface area contributed by atoms with E-state index in [0.717, 1.165) is 12.0 Å². The van der Waals surface area contributed by atoms with Crippen LogP contribution >= 0.6 is 0 Å². The number of benzene rings is 2. The zero-order valence-electron chi connectivity index (χ0n) is 11.9. The fraction of sp³-hybridized carbons (Fsp3) is 0.294. The third-order valence-corrected chi connectivity index (χ3v) is 3.74. The Hall–Kier alpha value is -2.20. The second-order valence-corrected chi connectivity index (χ2v) is 5.33. The largest absolute Gasteiger partial charge is 0.508 e. The Morgan fingerprint density at radius 2 is 1.52 bits per heavy atom. The summed E-state index contributed by atoms with van der Waals surface area (Å²) in [5, 5.41) is 20.2. The van der Waals surface area contributed by atoms with E-state index in [0.29, 0.717) is 30.3 Å². The van der Waals surface area contributed by atoms with Crippen LogP contribution in [0.5, 0.6) is 17.2 Å². The third-order valence-electron chi connectivity index (χ3n) is 3.74. The summed E-state index contributed by atoms with van der Waals surface area (Å²) in [6.45, 7) is 2.97. The highest BCUT2D eigenvalue weighted by molar-refractivity contribution is 5.47. The summed E-state index contributed by atoms with van der Waals surface area (Å²) in [7, 11) is 0. The highest BCUT2D eigenvalue weighted by Gasteiger charge is 2.27. The molecule has 0 aliphatic carbocycles. The van der Waals surface area contributed by atoms with E-state index < -0.39 is 5.60 Å². The molecule has 0 aromatic heterocycles. The van der Waals surface area contributed by atoms with Gasteiger partial charge in [-0.2, -0.15) is 0 Å². The predicted molar refractivity (Wildman–Crippen MR) is 78.8 cm³/mol. The Labute approximate surface area is 123 Å². The van der Waals surface area contributed by atoms with Crippen molar-refractivity contribution in [3.05, 3.63) is 53.6 Å². The van der Waals surface area contributed by atoms with Crippen molar-refractivity contribution in [1.29, 1.82) is 0 Å². The number of rotatable bonds is 2. The first kappa shape index (κ1) is 13.8. The summed E-state index contributed by atoms with van der Waals surface area (Å²) >= 11 is 0. The zero-order chi connectivity index (χ0) is 14.9. The Kier molecular flexibility index (Phi) is 3.47. The van der Waals surface area contributed by atoms with Crippen molar-refractivity contribution in [2.24, 2.45) is 0 Å². The quantitative estimate of drug-likeness (QED) is 0.891. The summed E-state index contributed by atoms with van der Waals surface area (Å²) in [5.74, 6) is 1.54. The zero-order valence-corrected chi connectivity index (χ0v) is 11.9. The average Bonchev–Trinajstić information content (AvgIpc) is 2.72. The van der Waals surface area contributed by atoms with Crippen molar-refractivity contribution >= 4 is 0 Å². The van der Waals surface area contributed by atoms with Gasteiger partial charge in [0, 0.05) is 6.42 Å². The van der Waals surface area contributed by atoms with Crippen molar-refractivity contribution in [3.63, 3.8) is 0 Å². The molecule has 0 saturated heterocycles. The molecule has 2 N–H and O–H groups in total. The van der Waals surface area contributed by atoms with Crippen LogP contribution in [0.25, 0.3) is 0 Å². The van der Waals surface area contributed by atoms with Gasteiger partial charge in [0.1, 0.15) is 11.4 Å². The van der Waals surface area contributed by atoms with E-state index in [1.807, 2.05) is 18.2 Å². The van der Waals surface area contributed by atoms with Crippen molar-refractivity contribution in [1.82, 2.24) is 0 Å². The maximum Gasteiger partial charge on any atom is 0.161 e. The SMILES string of the molecule is CC(O)(c1ccc(O)cc1)c1ccc2c(c1)OCCCO2. The molecule has 4 nitrogen and oxygen atoms in total. The maximum atomic E-state index is 10.8. The van der Waals surface area contributed by atoms with Crippen LogP contribution in [0.4, 0.5) is 0 Å². The molecule has 2 aromatic carbocycles. The topological polar surface area (TPSA) is 58.9 Å². The maximum absolute atomic E-state index is 10.8. The molecule has 0 amide bonds. The van der Waals surface area contributed by atoms with Gasteiger partial charge in [0.05, 0.1) is 13.2 Å². The third kappa shape index (κ3) is 2.67. The summed E-state index contributed by atoms with van der Waals surface area (Å²) in [6.07, 6.45) is 0.846. The summed E-state index contributed by atoms with van der Waals surface area (Å²) in [5.41, 5.74) is 0.255. The van der Waals surface area contributed by atoms with E-state index in [2.05, 4.69) is 0 Å². The Balaban J connectivity index is 1.98. The lowest BCUT2D eigenvalue weighted by Gasteiger charge is -2.25. The first-order valence-electron chi connectivity index (χ1n) is 6.99. The van der Waals surface area contributed by atoms with Crippen molar-refractivity contribution < 1.29 is 19.7 Å². The van der Waals surface area contributed by atoms with E-state index in [1.165, 1.54) is 0 Å². The Bertz CT molecular complexity index is 632. The van der Waals surface area contributed by atoms with Gasteiger partial charge in [-0.25, -0.2) is 0 Å². The molecule has 3 rings (SSSR count). The molecule has 0 spiro atoms. The summed E-state index contributed by atoms with van der Waals surface area (Å²) in [6, 6.07) is 12.0. The van der Waals surface area contributed by atoms with Crippen molar-refractivity contribution in [2.45, 2.75) is 18.9 Å². The van der Waals surface area contributed by atoms with Gasteiger partial charge in [-0.15, -0.1) is 0 Å². The fourth-order valence-electron chi connectivity index (χ4n) is 2.42. The van der Waals surface area contributed by atoms with Crippen LogP contribution in [0.1, 0.15) is 24.5 Å². The second-order valence-electron chi connectivity index (χ2n) is 5.33. The molecule has 1 unspecified atom stereocenters. The minimum absolute atomic E-state index is 0.174. The fourth-order valence-corrected chi connectivity index (χ4v) is 2.42. The molecule has 2 aromatic rings. The van der Waals surface area contributed by atoms with Gasteiger partial charge >= 0.3 is 0 Å². The lowest BCUT2D eigenvalue weighted by Crippen LogP contribution is -2.22. The Morgan fingerprint density at radius 3 is 2.24 bits per heavy atom. The molecule has 1 atom stereocenters. The van der Waals surface area contributed by atoms with Gasteiger partial charge in [-0.1, -0.05) is 18.2 Å². The highest BCUT2D eigenvalue weighted by Crippen LogP contribution is 2.37. The molecule has 110 valence electrons. The average molecular weight is 286 g/mol. The molecular formula is C17H18O4. The normalized spacial score (nSPS) is 16.9. The number of phenolic OH excluding ortho intramolecular Hbond substituents is 1. The minimum atomic E-state index is -1.17. The van der Waals surface area contributed by atoms with Gasteiger partial charge in [-0.05, 0) is 42.3 Å². The van der Waals surface area contributed by atoms with E-state index in [9.17, 15) is 10.2 Å². The van der Waals surface area contributed by atoms with E-state index in [-0.39, 0.29) is 5.75 Å². The van der Waals surface area contributed by atoms with Crippen LogP contribution in [0.2, 0.25) is 0 Å². The molecule has 4 heteroatoms. The standard InChI is InChI=1S/C17H18O4/c1-17(19,12-3-6-14(18)7-4-12)13-5-8-15-16(11-13)21-10-2-9-20-15/h3-8,11,18-19H,2,9-10H2,1H3. The lowest BCUT2D eigenvalue weighted by atomic mass is 9.88. The number of aliphatic hydroxyl groups is 1. The van der Waals surface area contributed by atoms with Crippen LogP contribution in [0.3, 0.4) is 0 Å². The minimum Gasteiger partial charge on any atom is -0.508 e. The van der Waals surface area contributed by atoms with E-state index in [4.69, 9.17) is 9.47 Å². The van der Waals surface area contributed by atoms with Gasteiger partial charge in [0.15, 0.2) is 11.5 Å². The lowest BCUT2D eigenvalue weighted by molar-refractivity contribution is 0.102. The number of hydrogen-bond donors (Lipinski definition) is 2. The van der Waals surface area contributed by atoms with Crippen LogP contribution in [-0.4, -0.2) is 23.4 Å². The van der Waals surface area contributed by atoms with E-state index in [1.54, 1.807) is 31.2 Å². The first-order valence-corrected chi connectivity index (χ1v) is 6.99. The predicted octanol–water partition coefficient (Wildman–Crippen LogP) is 2.81. The number of phenols is 1. The smallest absolute Gasteiger partial charge is 0.161 e. The van der Waals surface area contributed by atoms with Crippen LogP contribution in [0.15, 0.2) is 42.5 Å². The molecule has 0 fully saturated rings. The summed E-state index contributed by atoms with van der Waals surface area (Å²) < 4.78 is 11.3. The summed E-state index contributed by atoms with van der Waals surface area (Å²) in [4.78, 5) is 0.